The van der Waals surface area contributed by atoms with Gasteiger partial charge < -0.3 is 18.9 Å². The Morgan fingerprint density at radius 1 is 0.960 bits per heavy atom. The van der Waals surface area contributed by atoms with Gasteiger partial charge in [-0.3, -0.25) is 10.5 Å². The third kappa shape index (κ3) is 10.7. The molecule has 8 heteroatoms. The largest absolute Gasteiger partial charge is 0.509 e. The molecule has 1 atom stereocenters. The minimum atomic E-state index is -1.70. The third-order valence-electron chi connectivity index (χ3n) is 3.02. The Morgan fingerprint density at radius 3 is 2.00 bits per heavy atom. The van der Waals surface area contributed by atoms with Crippen molar-refractivity contribution in [1.82, 2.24) is 0 Å². The molecule has 0 amide bonds. The molecule has 0 rings (SSSR count). The Balaban J connectivity index is 4.39. The van der Waals surface area contributed by atoms with E-state index in [1.165, 1.54) is 6.92 Å². The molecule has 0 saturated heterocycles. The fourth-order valence-corrected chi connectivity index (χ4v) is 1.51. The molecule has 0 aliphatic heterocycles. The molecule has 146 valence electrons. The predicted molar refractivity (Wildman–Crippen MR) is 90.8 cm³/mol. The average Bonchev–Trinajstić information content (AvgIpc) is 2.40. The minimum absolute atomic E-state index is 0.0413. The van der Waals surface area contributed by atoms with Crippen LogP contribution in [0.15, 0.2) is 0 Å². The smallest absolute Gasteiger partial charge is 0.455 e. The molecule has 0 aliphatic carbocycles. The normalized spacial score (nSPS) is 14.4. The highest BCUT2D eigenvalue weighted by molar-refractivity contribution is 5.84. The summed E-state index contributed by atoms with van der Waals surface area (Å²) < 4.78 is 20.5. The summed E-state index contributed by atoms with van der Waals surface area (Å²) in [5, 5.41) is 0. The molecule has 0 fully saturated rings. The number of rotatable bonds is 9. The maximum Gasteiger partial charge on any atom is 0.509 e. The van der Waals surface area contributed by atoms with E-state index in [1.54, 1.807) is 41.5 Å². The Bertz CT molecular complexity index is 478. The van der Waals surface area contributed by atoms with Crippen LogP contribution >= 0.6 is 0 Å². The Kier molecular flexibility index (Phi) is 8.53. The van der Waals surface area contributed by atoms with Crippen molar-refractivity contribution < 1.29 is 33.3 Å². The first kappa shape index (κ1) is 23.3. The Hall–Kier alpha value is -1.67. The van der Waals surface area contributed by atoms with Crippen LogP contribution < -0.4 is 5.73 Å². The lowest BCUT2D eigenvalue weighted by atomic mass is 10.1. The van der Waals surface area contributed by atoms with Crippen molar-refractivity contribution in [2.45, 2.75) is 78.2 Å². The average molecular weight is 361 g/mol. The van der Waals surface area contributed by atoms with Crippen molar-refractivity contribution in [3.63, 3.8) is 0 Å². The Labute approximate surface area is 149 Å². The zero-order valence-corrected chi connectivity index (χ0v) is 16.3. The summed E-state index contributed by atoms with van der Waals surface area (Å²) in [6, 6.07) is 0. The van der Waals surface area contributed by atoms with Gasteiger partial charge in [0.15, 0.2) is 5.78 Å². The van der Waals surface area contributed by atoms with Crippen LogP contribution in [0.2, 0.25) is 0 Å². The number of carbonyl (C=O) groups excluding carboxylic acids is 3. The number of esters is 1. The SMILES string of the molecule is CCC(=O)COC(=O)C(C)(N)OCCC(C)(C)OC(=O)OC(C)(C)C. The van der Waals surface area contributed by atoms with Crippen molar-refractivity contribution in [3.8, 4) is 0 Å². The molecule has 8 nitrogen and oxygen atoms in total. The molecule has 0 heterocycles. The van der Waals surface area contributed by atoms with Crippen molar-refractivity contribution in [2.24, 2.45) is 5.73 Å². The van der Waals surface area contributed by atoms with Crippen LogP contribution in [0.4, 0.5) is 4.79 Å². The fraction of sp³-hybridized carbons (Fsp3) is 0.824. The van der Waals surface area contributed by atoms with E-state index >= 15 is 0 Å². The standard InChI is InChI=1S/C17H31NO7/c1-8-12(19)11-22-13(20)17(7,18)23-10-9-16(5,6)25-14(21)24-15(2,3)4/h8-11,18H2,1-7H3. The second-order valence-electron chi connectivity index (χ2n) is 7.50. The van der Waals surface area contributed by atoms with Crippen molar-refractivity contribution in [1.29, 1.82) is 0 Å². The zero-order chi connectivity index (χ0) is 19.9. The second kappa shape index (κ2) is 9.15. The van der Waals surface area contributed by atoms with E-state index in [4.69, 9.17) is 24.7 Å². The molecule has 0 aliphatic rings. The van der Waals surface area contributed by atoms with Gasteiger partial charge in [-0.15, -0.1) is 0 Å². The highest BCUT2D eigenvalue weighted by Gasteiger charge is 2.33. The van der Waals surface area contributed by atoms with Crippen molar-refractivity contribution in [3.05, 3.63) is 0 Å². The molecular weight excluding hydrogens is 330 g/mol. The number of ketones is 1. The van der Waals surface area contributed by atoms with Gasteiger partial charge in [0.1, 0.15) is 17.8 Å². The van der Waals surface area contributed by atoms with Gasteiger partial charge in [0.25, 0.3) is 0 Å². The maximum atomic E-state index is 11.8. The summed E-state index contributed by atoms with van der Waals surface area (Å²) in [5.41, 5.74) is 2.53. The molecule has 0 radical (unpaired) electrons. The van der Waals surface area contributed by atoms with Gasteiger partial charge in [0.2, 0.25) is 5.72 Å². The predicted octanol–water partition coefficient (Wildman–Crippen LogP) is 2.32. The molecule has 25 heavy (non-hydrogen) atoms. The lowest BCUT2D eigenvalue weighted by molar-refractivity contribution is -0.173. The molecular formula is C17H31NO7. The monoisotopic (exact) mass is 361 g/mol. The van der Waals surface area contributed by atoms with E-state index in [-0.39, 0.29) is 31.8 Å². The topological polar surface area (TPSA) is 114 Å². The molecule has 0 aromatic heterocycles. The van der Waals surface area contributed by atoms with E-state index < -0.39 is 29.1 Å². The first-order chi connectivity index (χ1) is 11.2. The molecule has 0 aromatic carbocycles. The van der Waals surface area contributed by atoms with Gasteiger partial charge >= 0.3 is 12.1 Å². The first-order valence-electron chi connectivity index (χ1n) is 8.22. The number of carbonyl (C=O) groups is 3. The van der Waals surface area contributed by atoms with Crippen LogP contribution in [0.3, 0.4) is 0 Å². The minimum Gasteiger partial charge on any atom is -0.455 e. The summed E-state index contributed by atoms with van der Waals surface area (Å²) in [5.74, 6) is -1.05. The quantitative estimate of drug-likeness (QED) is 0.491. The number of hydrogen-bond donors (Lipinski definition) is 1. The van der Waals surface area contributed by atoms with E-state index in [9.17, 15) is 14.4 Å². The van der Waals surface area contributed by atoms with Crippen LogP contribution in [0.5, 0.6) is 0 Å². The van der Waals surface area contributed by atoms with Crippen LogP contribution in [0.1, 0.15) is 61.3 Å². The number of nitrogens with two attached hydrogens (primary N) is 1. The third-order valence-corrected chi connectivity index (χ3v) is 3.02. The number of Topliss-reactive ketones (excluding diaryl/α,β-unsaturated/α-hetero) is 1. The molecule has 0 bridgehead atoms. The lowest BCUT2D eigenvalue weighted by Crippen LogP contribution is -2.49. The number of hydrogen-bond acceptors (Lipinski definition) is 8. The molecule has 1 unspecified atom stereocenters. The van der Waals surface area contributed by atoms with Crippen molar-refractivity contribution in [2.75, 3.05) is 13.2 Å². The van der Waals surface area contributed by atoms with Crippen LogP contribution in [0.25, 0.3) is 0 Å². The summed E-state index contributed by atoms with van der Waals surface area (Å²) in [6.45, 7) is 11.3. The molecule has 2 N–H and O–H groups in total. The molecule has 0 spiro atoms. The molecule has 0 saturated carbocycles. The lowest BCUT2D eigenvalue weighted by Gasteiger charge is -2.29. The Morgan fingerprint density at radius 2 is 1.52 bits per heavy atom. The zero-order valence-electron chi connectivity index (χ0n) is 16.3. The summed E-state index contributed by atoms with van der Waals surface area (Å²) in [4.78, 5) is 34.7. The van der Waals surface area contributed by atoms with Crippen LogP contribution in [0, 0.1) is 0 Å². The first-order valence-corrected chi connectivity index (χ1v) is 8.22. The maximum absolute atomic E-state index is 11.8. The highest BCUT2D eigenvalue weighted by Crippen LogP contribution is 2.19. The van der Waals surface area contributed by atoms with E-state index in [0.29, 0.717) is 0 Å². The van der Waals surface area contributed by atoms with Gasteiger partial charge in [-0.1, -0.05) is 6.92 Å². The van der Waals surface area contributed by atoms with E-state index in [0.717, 1.165) is 0 Å². The summed E-state index contributed by atoms with van der Waals surface area (Å²) in [7, 11) is 0. The highest BCUT2D eigenvalue weighted by atomic mass is 16.7. The van der Waals surface area contributed by atoms with E-state index in [2.05, 4.69) is 0 Å². The van der Waals surface area contributed by atoms with Crippen molar-refractivity contribution >= 4 is 17.9 Å². The van der Waals surface area contributed by atoms with Crippen LogP contribution in [-0.2, 0) is 28.5 Å². The molecule has 0 aromatic rings. The van der Waals surface area contributed by atoms with Gasteiger partial charge in [0, 0.05) is 12.8 Å². The van der Waals surface area contributed by atoms with Gasteiger partial charge in [-0.05, 0) is 41.5 Å². The number of ether oxygens (including phenoxy) is 4. The summed E-state index contributed by atoms with van der Waals surface area (Å²) in [6.07, 6.45) is -0.239. The van der Waals surface area contributed by atoms with Gasteiger partial charge in [-0.25, -0.2) is 9.59 Å². The second-order valence-corrected chi connectivity index (χ2v) is 7.50. The fourth-order valence-electron chi connectivity index (χ4n) is 1.51. The summed E-state index contributed by atoms with van der Waals surface area (Å²) >= 11 is 0. The van der Waals surface area contributed by atoms with E-state index in [1.807, 2.05) is 0 Å². The van der Waals surface area contributed by atoms with Gasteiger partial charge in [-0.2, -0.15) is 0 Å². The van der Waals surface area contributed by atoms with Gasteiger partial charge in [0.05, 0.1) is 6.61 Å². The van der Waals surface area contributed by atoms with Crippen LogP contribution in [-0.4, -0.2) is 48.0 Å².